The minimum absolute atomic E-state index is 0.355. The maximum atomic E-state index is 6.27. The van der Waals surface area contributed by atoms with Gasteiger partial charge in [0.15, 0.2) is 0 Å². The van der Waals surface area contributed by atoms with E-state index < -0.39 is 5.54 Å². The van der Waals surface area contributed by atoms with Crippen molar-refractivity contribution < 1.29 is 4.74 Å². The molecule has 33 heavy (non-hydrogen) atoms. The van der Waals surface area contributed by atoms with E-state index >= 15 is 0 Å². The lowest BCUT2D eigenvalue weighted by atomic mass is 9.93. The number of nitrogens with two attached hydrogens (primary N) is 2. The third kappa shape index (κ3) is 5.94. The number of ether oxygens (including phenoxy) is 1. The van der Waals surface area contributed by atoms with Crippen molar-refractivity contribution in [1.29, 1.82) is 0 Å². The molecule has 0 amide bonds. The highest BCUT2D eigenvalue weighted by molar-refractivity contribution is 7.80. The summed E-state index contributed by atoms with van der Waals surface area (Å²) >= 11 is 5.28. The molecular weight excluding hydrogens is 430 g/mol. The van der Waals surface area contributed by atoms with Crippen LogP contribution in [0.1, 0.15) is 30.5 Å². The second kappa shape index (κ2) is 9.97. The lowest BCUT2D eigenvalue weighted by Gasteiger charge is -2.27. The first-order chi connectivity index (χ1) is 15.8. The SMILES string of the molecule is CC(C)(N)c1cccc(-c2ccc(Nc3cc(CN4CCOCC4)ccc3C(N)=S)nc2)c1. The molecule has 0 spiro atoms. The van der Waals surface area contributed by atoms with E-state index in [1.807, 2.05) is 44.3 Å². The third-order valence-electron chi connectivity index (χ3n) is 5.83. The number of morpholine rings is 1. The van der Waals surface area contributed by atoms with E-state index in [0.29, 0.717) is 4.99 Å². The van der Waals surface area contributed by atoms with Gasteiger partial charge in [-0.15, -0.1) is 0 Å². The Kier molecular flexibility index (Phi) is 7.05. The molecule has 0 aliphatic carbocycles. The van der Waals surface area contributed by atoms with Gasteiger partial charge in [-0.1, -0.05) is 36.5 Å². The van der Waals surface area contributed by atoms with Crippen LogP contribution in [-0.2, 0) is 16.8 Å². The number of aromatic nitrogens is 1. The molecule has 172 valence electrons. The highest BCUT2D eigenvalue weighted by Gasteiger charge is 2.15. The first-order valence-corrected chi connectivity index (χ1v) is 11.6. The van der Waals surface area contributed by atoms with Crippen molar-refractivity contribution in [1.82, 2.24) is 9.88 Å². The number of rotatable bonds is 7. The molecule has 1 aliphatic heterocycles. The fraction of sp³-hybridized carbons (Fsp3) is 0.308. The van der Waals surface area contributed by atoms with Crippen LogP contribution in [-0.4, -0.2) is 41.2 Å². The highest BCUT2D eigenvalue weighted by atomic mass is 32.1. The average Bonchev–Trinajstić information content (AvgIpc) is 2.80. The maximum absolute atomic E-state index is 6.27. The van der Waals surface area contributed by atoms with E-state index in [1.165, 1.54) is 5.56 Å². The second-order valence-corrected chi connectivity index (χ2v) is 9.43. The van der Waals surface area contributed by atoms with Crippen LogP contribution in [0.25, 0.3) is 11.1 Å². The molecule has 5 N–H and O–H groups in total. The molecule has 1 aliphatic rings. The Morgan fingerprint density at radius 2 is 1.88 bits per heavy atom. The van der Waals surface area contributed by atoms with Crippen molar-refractivity contribution in [3.63, 3.8) is 0 Å². The predicted molar refractivity (Wildman–Crippen MR) is 139 cm³/mol. The summed E-state index contributed by atoms with van der Waals surface area (Å²) in [6.07, 6.45) is 1.86. The number of anilines is 2. The Bertz CT molecular complexity index is 1120. The van der Waals surface area contributed by atoms with Gasteiger partial charge < -0.3 is 21.5 Å². The Morgan fingerprint density at radius 1 is 1.09 bits per heavy atom. The van der Waals surface area contributed by atoms with Crippen molar-refractivity contribution in [2.24, 2.45) is 11.5 Å². The number of hydrogen-bond acceptors (Lipinski definition) is 6. The molecule has 6 nitrogen and oxygen atoms in total. The summed E-state index contributed by atoms with van der Waals surface area (Å²) in [6.45, 7) is 8.29. The van der Waals surface area contributed by atoms with Gasteiger partial charge in [0.2, 0.25) is 0 Å². The molecule has 2 heterocycles. The van der Waals surface area contributed by atoms with Crippen molar-refractivity contribution in [3.05, 3.63) is 77.5 Å². The summed E-state index contributed by atoms with van der Waals surface area (Å²) in [5, 5.41) is 3.40. The van der Waals surface area contributed by atoms with Gasteiger partial charge in [-0.3, -0.25) is 4.90 Å². The average molecular weight is 462 g/mol. The largest absolute Gasteiger partial charge is 0.389 e. The Labute approximate surface area is 201 Å². The van der Waals surface area contributed by atoms with Gasteiger partial charge in [0.1, 0.15) is 10.8 Å². The van der Waals surface area contributed by atoms with Crippen LogP contribution in [0, 0.1) is 0 Å². The summed E-state index contributed by atoms with van der Waals surface area (Å²) in [6, 6.07) is 18.4. The normalized spacial score (nSPS) is 14.8. The number of benzene rings is 2. The van der Waals surface area contributed by atoms with Crippen LogP contribution < -0.4 is 16.8 Å². The van der Waals surface area contributed by atoms with Crippen molar-refractivity contribution in [2.45, 2.75) is 25.9 Å². The molecule has 2 aromatic carbocycles. The molecule has 1 aromatic heterocycles. The summed E-state index contributed by atoms with van der Waals surface area (Å²) < 4.78 is 5.45. The Balaban J connectivity index is 1.54. The number of nitrogens with one attached hydrogen (secondary N) is 1. The monoisotopic (exact) mass is 461 g/mol. The molecule has 4 rings (SSSR count). The highest BCUT2D eigenvalue weighted by Crippen LogP contribution is 2.27. The summed E-state index contributed by atoms with van der Waals surface area (Å²) in [7, 11) is 0. The number of hydrogen-bond donors (Lipinski definition) is 3. The molecule has 3 aromatic rings. The van der Waals surface area contributed by atoms with E-state index in [4.69, 9.17) is 28.4 Å². The number of thiocarbonyl (C=S) groups is 1. The van der Waals surface area contributed by atoms with E-state index in [-0.39, 0.29) is 0 Å². The van der Waals surface area contributed by atoms with E-state index in [1.54, 1.807) is 0 Å². The quantitative estimate of drug-likeness (QED) is 0.455. The second-order valence-electron chi connectivity index (χ2n) is 8.99. The summed E-state index contributed by atoms with van der Waals surface area (Å²) in [4.78, 5) is 7.37. The topological polar surface area (TPSA) is 89.4 Å². The fourth-order valence-corrected chi connectivity index (χ4v) is 4.08. The van der Waals surface area contributed by atoms with Gasteiger partial charge in [0.25, 0.3) is 0 Å². The Hall–Kier alpha value is -2.84. The van der Waals surface area contributed by atoms with Crippen LogP contribution in [0.3, 0.4) is 0 Å². The molecule has 1 saturated heterocycles. The van der Waals surface area contributed by atoms with Gasteiger partial charge in [0.05, 0.1) is 18.9 Å². The molecule has 0 unspecified atom stereocenters. The number of nitrogens with zero attached hydrogens (tertiary/aromatic N) is 2. The van der Waals surface area contributed by atoms with Gasteiger partial charge in [-0.25, -0.2) is 4.98 Å². The minimum atomic E-state index is -0.395. The van der Waals surface area contributed by atoms with Crippen LogP contribution in [0.5, 0.6) is 0 Å². The minimum Gasteiger partial charge on any atom is -0.389 e. The molecule has 1 fully saturated rings. The van der Waals surface area contributed by atoms with Crippen LogP contribution in [0.2, 0.25) is 0 Å². The maximum Gasteiger partial charge on any atom is 0.130 e. The van der Waals surface area contributed by atoms with E-state index in [0.717, 1.165) is 66.6 Å². The molecular formula is C26H31N5OS. The zero-order valence-corrected chi connectivity index (χ0v) is 20.0. The molecule has 0 atom stereocenters. The van der Waals surface area contributed by atoms with Crippen LogP contribution in [0.4, 0.5) is 11.5 Å². The van der Waals surface area contributed by atoms with Gasteiger partial charge in [-0.2, -0.15) is 0 Å². The summed E-state index contributed by atoms with van der Waals surface area (Å²) in [5.41, 5.74) is 17.9. The lowest BCUT2D eigenvalue weighted by Crippen LogP contribution is -2.35. The molecule has 7 heteroatoms. The van der Waals surface area contributed by atoms with Crippen LogP contribution >= 0.6 is 12.2 Å². The molecule has 0 saturated carbocycles. The van der Waals surface area contributed by atoms with Crippen molar-refractivity contribution in [2.75, 3.05) is 31.6 Å². The van der Waals surface area contributed by atoms with Crippen LogP contribution in [0.15, 0.2) is 60.8 Å². The zero-order chi connectivity index (χ0) is 23.4. The lowest BCUT2D eigenvalue weighted by molar-refractivity contribution is 0.0342. The zero-order valence-electron chi connectivity index (χ0n) is 19.2. The first-order valence-electron chi connectivity index (χ1n) is 11.2. The molecule has 0 radical (unpaired) electrons. The van der Waals surface area contributed by atoms with Crippen molar-refractivity contribution in [3.8, 4) is 11.1 Å². The number of pyridine rings is 1. The molecule has 0 bridgehead atoms. The smallest absolute Gasteiger partial charge is 0.130 e. The van der Waals surface area contributed by atoms with Gasteiger partial charge in [-0.05, 0) is 60.9 Å². The fourth-order valence-electron chi connectivity index (χ4n) is 3.90. The van der Waals surface area contributed by atoms with Crippen molar-refractivity contribution >= 4 is 28.7 Å². The summed E-state index contributed by atoms with van der Waals surface area (Å²) in [5.74, 6) is 0.732. The standard InChI is InChI=1S/C26H31N5OS/c1-26(2,28)21-5-3-4-19(15-21)20-7-9-24(29-16-20)30-23-14-18(6-8-22(23)25(27)33)17-31-10-12-32-13-11-31/h3-9,14-16H,10-13,17,28H2,1-2H3,(H2,27,33)(H,29,30). The Morgan fingerprint density at radius 3 is 2.55 bits per heavy atom. The van der Waals surface area contributed by atoms with Gasteiger partial charge >= 0.3 is 0 Å². The van der Waals surface area contributed by atoms with Gasteiger partial charge in [0, 0.05) is 42.5 Å². The third-order valence-corrected chi connectivity index (χ3v) is 6.05. The van der Waals surface area contributed by atoms with E-state index in [9.17, 15) is 0 Å². The predicted octanol–water partition coefficient (Wildman–Crippen LogP) is 4.15. The first kappa shape index (κ1) is 23.3. The van der Waals surface area contributed by atoms with E-state index in [2.05, 4.69) is 45.5 Å².